The summed E-state index contributed by atoms with van der Waals surface area (Å²) in [5.74, 6) is 0. The van der Waals surface area contributed by atoms with Crippen molar-refractivity contribution in [3.63, 3.8) is 0 Å². The van der Waals surface area contributed by atoms with E-state index in [2.05, 4.69) is 54.8 Å². The molecule has 2 rings (SSSR count). The number of likely N-dealkylation sites (N-methyl/N-ethyl adjacent to an activating group) is 1. The lowest BCUT2D eigenvalue weighted by molar-refractivity contribution is 0.148. The van der Waals surface area contributed by atoms with Crippen LogP contribution in [-0.2, 0) is 6.54 Å². The molecule has 1 aromatic rings. The first kappa shape index (κ1) is 13.3. The van der Waals surface area contributed by atoms with Crippen molar-refractivity contribution in [3.8, 4) is 0 Å². The first-order valence-corrected chi connectivity index (χ1v) is 7.29. The molecule has 17 heavy (non-hydrogen) atoms. The molecule has 0 atom stereocenters. The molecule has 5 heteroatoms. The van der Waals surface area contributed by atoms with Gasteiger partial charge in [-0.1, -0.05) is 15.9 Å². The van der Waals surface area contributed by atoms with Gasteiger partial charge in [-0.05, 0) is 40.7 Å². The second kappa shape index (κ2) is 5.69. The van der Waals surface area contributed by atoms with E-state index in [0.717, 1.165) is 47.4 Å². The maximum Gasteiger partial charge on any atom is 0.0504 e. The Hall–Kier alpha value is -0.100. The maximum atomic E-state index is 6.09. The summed E-state index contributed by atoms with van der Waals surface area (Å²) in [7, 11) is 2.17. The fraction of sp³-hybridized carbons (Fsp3) is 0.500. The summed E-state index contributed by atoms with van der Waals surface area (Å²) in [4.78, 5) is 4.81. The second-order valence-electron chi connectivity index (χ2n) is 4.54. The number of nitrogens with two attached hydrogens (primary N) is 1. The van der Waals surface area contributed by atoms with Crippen molar-refractivity contribution in [2.24, 2.45) is 0 Å². The van der Waals surface area contributed by atoms with Crippen LogP contribution in [0.15, 0.2) is 21.1 Å². The van der Waals surface area contributed by atoms with Gasteiger partial charge in [0.1, 0.15) is 0 Å². The highest BCUT2D eigenvalue weighted by Crippen LogP contribution is 2.29. The van der Waals surface area contributed by atoms with Crippen molar-refractivity contribution in [1.82, 2.24) is 9.80 Å². The number of hydrogen-bond donors (Lipinski definition) is 1. The molecule has 1 fully saturated rings. The summed E-state index contributed by atoms with van der Waals surface area (Å²) in [6, 6.07) is 4.10. The number of rotatable bonds is 2. The number of nitrogen functional groups attached to an aromatic ring is 1. The van der Waals surface area contributed by atoms with Gasteiger partial charge < -0.3 is 10.6 Å². The first-order valence-electron chi connectivity index (χ1n) is 5.70. The van der Waals surface area contributed by atoms with E-state index >= 15 is 0 Å². The number of nitrogens with zero attached hydrogens (tertiary/aromatic N) is 2. The van der Waals surface area contributed by atoms with Gasteiger partial charge in [0, 0.05) is 41.7 Å². The van der Waals surface area contributed by atoms with Gasteiger partial charge in [-0.25, -0.2) is 0 Å². The number of benzene rings is 1. The third-order valence-electron chi connectivity index (χ3n) is 3.17. The molecule has 0 aromatic heterocycles. The van der Waals surface area contributed by atoms with Crippen LogP contribution in [-0.4, -0.2) is 43.0 Å². The molecule has 0 aliphatic carbocycles. The summed E-state index contributed by atoms with van der Waals surface area (Å²) in [5, 5.41) is 0. The van der Waals surface area contributed by atoms with Crippen molar-refractivity contribution in [1.29, 1.82) is 0 Å². The standard InChI is InChI=1S/C12H17Br2N3/c1-16-2-4-17(5-3-16)8-9-6-10(13)7-11(14)12(9)15/h6-7H,2-5,8,15H2,1H3. The van der Waals surface area contributed by atoms with Crippen LogP contribution >= 0.6 is 31.9 Å². The molecular formula is C12H17Br2N3. The van der Waals surface area contributed by atoms with E-state index in [1.54, 1.807) is 0 Å². The fourth-order valence-electron chi connectivity index (χ4n) is 2.02. The predicted octanol–water partition coefficient (Wildman–Crippen LogP) is 2.54. The van der Waals surface area contributed by atoms with Crippen molar-refractivity contribution in [2.45, 2.75) is 6.54 Å². The highest BCUT2D eigenvalue weighted by molar-refractivity contribution is 9.11. The second-order valence-corrected chi connectivity index (χ2v) is 6.31. The van der Waals surface area contributed by atoms with E-state index in [1.165, 1.54) is 5.56 Å². The molecule has 0 radical (unpaired) electrons. The molecule has 0 bridgehead atoms. The lowest BCUT2D eigenvalue weighted by Gasteiger charge is -2.32. The molecule has 1 saturated heterocycles. The van der Waals surface area contributed by atoms with Gasteiger partial charge in [0.15, 0.2) is 0 Å². The van der Waals surface area contributed by atoms with Crippen LogP contribution in [0.3, 0.4) is 0 Å². The lowest BCUT2D eigenvalue weighted by atomic mass is 10.1. The van der Waals surface area contributed by atoms with E-state index < -0.39 is 0 Å². The average Bonchev–Trinajstić information content (AvgIpc) is 2.28. The molecule has 2 N–H and O–H groups in total. The normalized spacial score (nSPS) is 18.5. The summed E-state index contributed by atoms with van der Waals surface area (Å²) < 4.78 is 2.04. The monoisotopic (exact) mass is 361 g/mol. The molecule has 1 aliphatic heterocycles. The quantitative estimate of drug-likeness (QED) is 0.820. The Kier molecular flexibility index (Phi) is 4.47. The highest BCUT2D eigenvalue weighted by Gasteiger charge is 2.15. The van der Waals surface area contributed by atoms with Crippen molar-refractivity contribution < 1.29 is 0 Å². The zero-order chi connectivity index (χ0) is 12.4. The minimum Gasteiger partial charge on any atom is -0.398 e. The summed E-state index contributed by atoms with van der Waals surface area (Å²) in [6.45, 7) is 5.42. The molecule has 1 aromatic carbocycles. The Balaban J connectivity index is 2.08. The number of halogens is 2. The molecule has 1 aliphatic rings. The van der Waals surface area contributed by atoms with Crippen LogP contribution in [0.5, 0.6) is 0 Å². The topological polar surface area (TPSA) is 32.5 Å². The zero-order valence-electron chi connectivity index (χ0n) is 9.92. The minimum absolute atomic E-state index is 0.854. The first-order chi connectivity index (χ1) is 8.06. The van der Waals surface area contributed by atoms with Crippen LogP contribution in [0.4, 0.5) is 5.69 Å². The van der Waals surface area contributed by atoms with E-state index in [9.17, 15) is 0 Å². The molecule has 0 amide bonds. The Morgan fingerprint density at radius 2 is 1.82 bits per heavy atom. The minimum atomic E-state index is 0.854. The van der Waals surface area contributed by atoms with E-state index in [1.807, 2.05) is 6.07 Å². The fourth-order valence-corrected chi connectivity index (χ4v) is 3.33. The van der Waals surface area contributed by atoms with Gasteiger partial charge in [0.2, 0.25) is 0 Å². The van der Waals surface area contributed by atoms with Gasteiger partial charge in [-0.3, -0.25) is 4.90 Å². The summed E-state index contributed by atoms with van der Waals surface area (Å²) >= 11 is 7.00. The molecule has 0 saturated carbocycles. The van der Waals surface area contributed by atoms with Crippen molar-refractivity contribution in [2.75, 3.05) is 39.0 Å². The number of hydrogen-bond acceptors (Lipinski definition) is 3. The predicted molar refractivity (Wildman–Crippen MR) is 79.0 cm³/mol. The number of piperazine rings is 1. The van der Waals surface area contributed by atoms with Crippen molar-refractivity contribution >= 4 is 37.5 Å². The lowest BCUT2D eigenvalue weighted by Crippen LogP contribution is -2.43. The Bertz CT molecular complexity index is 401. The molecular weight excluding hydrogens is 346 g/mol. The molecule has 1 heterocycles. The van der Waals surface area contributed by atoms with Crippen LogP contribution in [0.2, 0.25) is 0 Å². The maximum absolute atomic E-state index is 6.09. The molecule has 0 unspecified atom stereocenters. The smallest absolute Gasteiger partial charge is 0.0504 e. The van der Waals surface area contributed by atoms with Gasteiger partial charge in [-0.2, -0.15) is 0 Å². The van der Waals surface area contributed by atoms with Crippen molar-refractivity contribution in [3.05, 3.63) is 26.6 Å². The van der Waals surface area contributed by atoms with Gasteiger partial charge in [0.25, 0.3) is 0 Å². The van der Waals surface area contributed by atoms with Gasteiger partial charge >= 0.3 is 0 Å². The molecule has 0 spiro atoms. The summed E-state index contributed by atoms with van der Waals surface area (Å²) in [6.07, 6.45) is 0. The van der Waals surface area contributed by atoms with Crippen LogP contribution in [0, 0.1) is 0 Å². The van der Waals surface area contributed by atoms with Crippen LogP contribution in [0.25, 0.3) is 0 Å². The Labute approximate surface area is 119 Å². The Morgan fingerprint density at radius 1 is 1.18 bits per heavy atom. The third kappa shape index (κ3) is 3.44. The molecule has 3 nitrogen and oxygen atoms in total. The van der Waals surface area contributed by atoms with Crippen LogP contribution < -0.4 is 5.73 Å². The van der Waals surface area contributed by atoms with Gasteiger partial charge in [0.05, 0.1) is 5.69 Å². The summed E-state index contributed by atoms with van der Waals surface area (Å²) in [5.41, 5.74) is 8.14. The van der Waals surface area contributed by atoms with Gasteiger partial charge in [-0.15, -0.1) is 0 Å². The SMILES string of the molecule is CN1CCN(Cc2cc(Br)cc(Br)c2N)CC1. The largest absolute Gasteiger partial charge is 0.398 e. The van der Waals surface area contributed by atoms with Crippen LogP contribution in [0.1, 0.15) is 5.56 Å². The van der Waals surface area contributed by atoms with E-state index in [0.29, 0.717) is 0 Å². The average molecular weight is 363 g/mol. The third-order valence-corrected chi connectivity index (χ3v) is 4.28. The number of anilines is 1. The Morgan fingerprint density at radius 3 is 2.47 bits per heavy atom. The zero-order valence-corrected chi connectivity index (χ0v) is 13.1. The molecule has 94 valence electrons. The van der Waals surface area contributed by atoms with E-state index in [4.69, 9.17) is 5.73 Å². The van der Waals surface area contributed by atoms with E-state index in [-0.39, 0.29) is 0 Å². The highest BCUT2D eigenvalue weighted by atomic mass is 79.9.